The van der Waals surface area contributed by atoms with E-state index in [4.69, 9.17) is 0 Å². The molecule has 0 aliphatic rings. The topological polar surface area (TPSA) is 34.9 Å². The molecule has 0 fully saturated rings. The first-order chi connectivity index (χ1) is 6.38. The molecule has 0 spiro atoms. The molecule has 0 aliphatic carbocycles. The Bertz CT molecular complexity index is 345. The predicted molar refractivity (Wildman–Crippen MR) is 56.5 cm³/mol. The summed E-state index contributed by atoms with van der Waals surface area (Å²) in [6.45, 7) is 8.15. The van der Waals surface area contributed by atoms with Crippen molar-refractivity contribution in [2.75, 3.05) is 0 Å². The van der Waals surface area contributed by atoms with Crippen LogP contribution >= 0.6 is 0 Å². The Morgan fingerprint density at radius 1 is 1.50 bits per heavy atom. The Balaban J connectivity index is 3.27. The second-order valence-electron chi connectivity index (χ2n) is 4.58. The van der Waals surface area contributed by atoms with Crippen LogP contribution in [0.4, 0.5) is 0 Å². The van der Waals surface area contributed by atoms with Crippen molar-refractivity contribution in [3.05, 3.63) is 17.7 Å². The molecular weight excluding hydrogens is 176 g/mol. The molecule has 3 nitrogen and oxygen atoms in total. The number of carbonyl (C=O) groups excluding carboxylic acids is 1. The van der Waals surface area contributed by atoms with Crippen molar-refractivity contribution in [3.63, 3.8) is 0 Å². The highest BCUT2D eigenvalue weighted by Gasteiger charge is 2.25. The van der Waals surface area contributed by atoms with Gasteiger partial charge < -0.3 is 4.57 Å². The molecule has 0 aromatic carbocycles. The molecule has 0 saturated carbocycles. The van der Waals surface area contributed by atoms with Gasteiger partial charge in [0, 0.05) is 18.9 Å². The number of carbonyl (C=O) groups is 1. The summed E-state index contributed by atoms with van der Waals surface area (Å²) in [5, 5.41) is 0. The lowest BCUT2D eigenvalue weighted by atomic mass is 9.89. The molecule has 0 unspecified atom stereocenters. The summed E-state index contributed by atoms with van der Waals surface area (Å²) in [5.74, 6) is 0.121. The Labute approximate surface area is 85.2 Å². The van der Waals surface area contributed by atoms with Gasteiger partial charge in [0.25, 0.3) is 0 Å². The van der Waals surface area contributed by atoms with Gasteiger partial charge in [0.1, 0.15) is 5.69 Å². The summed E-state index contributed by atoms with van der Waals surface area (Å²) in [6.07, 6.45) is 2.23. The average Bonchev–Trinajstić information content (AvgIpc) is 2.44. The van der Waals surface area contributed by atoms with Crippen LogP contribution in [0.1, 0.15) is 50.3 Å². The van der Waals surface area contributed by atoms with Gasteiger partial charge in [-0.15, -0.1) is 0 Å². The van der Waals surface area contributed by atoms with Crippen molar-refractivity contribution in [2.45, 2.75) is 39.5 Å². The van der Waals surface area contributed by atoms with E-state index < -0.39 is 0 Å². The van der Waals surface area contributed by atoms with Crippen molar-refractivity contribution in [1.82, 2.24) is 9.55 Å². The minimum absolute atomic E-state index is 0.0363. The Kier molecular flexibility index (Phi) is 2.79. The first-order valence-corrected chi connectivity index (χ1v) is 4.93. The predicted octanol–water partition coefficient (Wildman–Crippen LogP) is 2.31. The van der Waals surface area contributed by atoms with E-state index in [0.717, 1.165) is 5.69 Å². The summed E-state index contributed by atoms with van der Waals surface area (Å²) in [6, 6.07) is 0. The maximum Gasteiger partial charge on any atom is 0.182 e. The monoisotopic (exact) mass is 194 g/mol. The standard InChI is InChI=1S/C11H18N2O/c1-6-8(14)9-10(11(2,3)4)13(5)7-12-9/h7H,6H2,1-5H3. The van der Waals surface area contributed by atoms with Gasteiger partial charge in [-0.3, -0.25) is 4.79 Å². The van der Waals surface area contributed by atoms with Crippen molar-refractivity contribution < 1.29 is 4.79 Å². The zero-order chi connectivity index (χ0) is 10.9. The molecular formula is C11H18N2O. The fourth-order valence-electron chi connectivity index (χ4n) is 1.69. The van der Waals surface area contributed by atoms with E-state index in [1.807, 2.05) is 18.5 Å². The maximum absolute atomic E-state index is 11.6. The second kappa shape index (κ2) is 3.56. The van der Waals surface area contributed by atoms with Crippen LogP contribution in [0, 0.1) is 0 Å². The quantitative estimate of drug-likeness (QED) is 0.677. The lowest BCUT2D eigenvalue weighted by Gasteiger charge is -2.20. The third-order valence-electron chi connectivity index (χ3n) is 2.23. The van der Waals surface area contributed by atoms with Crippen LogP contribution < -0.4 is 0 Å². The molecule has 3 heteroatoms. The van der Waals surface area contributed by atoms with Crippen LogP contribution in [-0.2, 0) is 12.5 Å². The van der Waals surface area contributed by atoms with Gasteiger partial charge >= 0.3 is 0 Å². The minimum Gasteiger partial charge on any atom is -0.337 e. The van der Waals surface area contributed by atoms with E-state index in [0.29, 0.717) is 12.1 Å². The molecule has 0 amide bonds. The second-order valence-corrected chi connectivity index (χ2v) is 4.58. The number of hydrogen-bond acceptors (Lipinski definition) is 2. The van der Waals surface area contributed by atoms with Gasteiger partial charge in [0.05, 0.1) is 12.0 Å². The summed E-state index contributed by atoms with van der Waals surface area (Å²) in [7, 11) is 1.93. The van der Waals surface area contributed by atoms with E-state index in [9.17, 15) is 4.79 Å². The smallest absolute Gasteiger partial charge is 0.182 e. The van der Waals surface area contributed by atoms with Crippen LogP contribution in [0.5, 0.6) is 0 Å². The lowest BCUT2D eigenvalue weighted by molar-refractivity contribution is 0.0981. The number of ketones is 1. The first-order valence-electron chi connectivity index (χ1n) is 4.93. The van der Waals surface area contributed by atoms with Crippen molar-refractivity contribution in [2.24, 2.45) is 7.05 Å². The molecule has 1 aromatic heterocycles. The molecule has 1 rings (SSSR count). The number of Topliss-reactive ketones (excluding diaryl/α,β-unsaturated/α-hetero) is 1. The Hall–Kier alpha value is -1.12. The van der Waals surface area contributed by atoms with Gasteiger partial charge in [-0.25, -0.2) is 4.98 Å². The van der Waals surface area contributed by atoms with Crippen LogP contribution in [0.15, 0.2) is 6.33 Å². The summed E-state index contributed by atoms with van der Waals surface area (Å²) >= 11 is 0. The number of aryl methyl sites for hydroxylation is 1. The van der Waals surface area contributed by atoms with Crippen molar-refractivity contribution in [3.8, 4) is 0 Å². The molecule has 14 heavy (non-hydrogen) atoms. The molecule has 0 N–H and O–H groups in total. The maximum atomic E-state index is 11.6. The first kappa shape index (κ1) is 11.0. The fourth-order valence-corrected chi connectivity index (χ4v) is 1.69. The van der Waals surface area contributed by atoms with E-state index in [-0.39, 0.29) is 11.2 Å². The zero-order valence-electron chi connectivity index (χ0n) is 9.59. The fraction of sp³-hybridized carbons (Fsp3) is 0.636. The summed E-state index contributed by atoms with van der Waals surface area (Å²) < 4.78 is 1.93. The molecule has 1 heterocycles. The summed E-state index contributed by atoms with van der Waals surface area (Å²) in [4.78, 5) is 15.8. The van der Waals surface area contributed by atoms with Crippen LogP contribution in [0.25, 0.3) is 0 Å². The number of imidazole rings is 1. The molecule has 0 saturated heterocycles. The van der Waals surface area contributed by atoms with Crippen LogP contribution in [0.3, 0.4) is 0 Å². The SMILES string of the molecule is CCC(=O)c1ncn(C)c1C(C)(C)C. The lowest BCUT2D eigenvalue weighted by Crippen LogP contribution is -2.19. The molecule has 0 atom stereocenters. The van der Waals surface area contributed by atoms with Gasteiger partial charge in [-0.2, -0.15) is 0 Å². The molecule has 0 bridgehead atoms. The highest BCUT2D eigenvalue weighted by atomic mass is 16.1. The van der Waals surface area contributed by atoms with Crippen molar-refractivity contribution >= 4 is 5.78 Å². The largest absolute Gasteiger partial charge is 0.337 e. The Morgan fingerprint density at radius 3 is 2.50 bits per heavy atom. The normalized spacial score (nSPS) is 11.8. The van der Waals surface area contributed by atoms with E-state index >= 15 is 0 Å². The van der Waals surface area contributed by atoms with Crippen molar-refractivity contribution in [1.29, 1.82) is 0 Å². The van der Waals surface area contributed by atoms with E-state index in [2.05, 4.69) is 25.8 Å². The van der Waals surface area contributed by atoms with E-state index in [1.54, 1.807) is 6.33 Å². The number of rotatable bonds is 2. The van der Waals surface area contributed by atoms with E-state index in [1.165, 1.54) is 0 Å². The van der Waals surface area contributed by atoms with Gasteiger partial charge in [0.15, 0.2) is 5.78 Å². The zero-order valence-corrected chi connectivity index (χ0v) is 9.59. The third kappa shape index (κ3) is 1.86. The molecule has 78 valence electrons. The van der Waals surface area contributed by atoms with Gasteiger partial charge in [0.2, 0.25) is 0 Å². The van der Waals surface area contributed by atoms with Gasteiger partial charge in [-0.05, 0) is 0 Å². The summed E-state index contributed by atoms with van der Waals surface area (Å²) in [5.41, 5.74) is 1.61. The highest BCUT2D eigenvalue weighted by molar-refractivity contribution is 5.95. The third-order valence-corrected chi connectivity index (χ3v) is 2.23. The highest BCUT2D eigenvalue weighted by Crippen LogP contribution is 2.25. The number of nitrogens with zero attached hydrogens (tertiary/aromatic N) is 2. The molecule has 1 aromatic rings. The number of hydrogen-bond donors (Lipinski definition) is 0. The van der Waals surface area contributed by atoms with Crippen LogP contribution in [-0.4, -0.2) is 15.3 Å². The number of aromatic nitrogens is 2. The average molecular weight is 194 g/mol. The van der Waals surface area contributed by atoms with Crippen LogP contribution in [0.2, 0.25) is 0 Å². The van der Waals surface area contributed by atoms with Gasteiger partial charge in [-0.1, -0.05) is 27.7 Å². The Morgan fingerprint density at radius 2 is 2.07 bits per heavy atom. The molecule has 0 radical (unpaired) electrons. The molecule has 0 aliphatic heterocycles. The minimum atomic E-state index is -0.0363.